The van der Waals surface area contributed by atoms with Crippen LogP contribution in [0.5, 0.6) is 5.75 Å². The molecule has 136 valence electrons. The number of hydrogen-bond acceptors (Lipinski definition) is 5. The van der Waals surface area contributed by atoms with Gasteiger partial charge >= 0.3 is 12.1 Å². The highest BCUT2D eigenvalue weighted by Crippen LogP contribution is 2.46. The first-order chi connectivity index (χ1) is 10.7. The highest BCUT2D eigenvalue weighted by Gasteiger charge is 2.46. The van der Waals surface area contributed by atoms with Gasteiger partial charge in [-0.1, -0.05) is 0 Å². The van der Waals surface area contributed by atoms with Gasteiger partial charge in [0.1, 0.15) is 11.5 Å². The predicted octanol–water partition coefficient (Wildman–Crippen LogP) is 4.42. The number of ether oxygens (including phenoxy) is 1. The van der Waals surface area contributed by atoms with Crippen LogP contribution in [0.3, 0.4) is 0 Å². The fourth-order valence-electron chi connectivity index (χ4n) is 1.37. The van der Waals surface area contributed by atoms with E-state index in [0.717, 1.165) is 0 Å². The standard InChI is InChI=1S/C10H5Br4F3O6S/c11-4-3(5(12)7(14)8(18)6(4)13)9(19)23-2(10(15,16)17)1-24(20,21)22/h2,18H,1H2,(H,20,21,22). The average Bonchev–Trinajstić information content (AvgIpc) is 2.40. The molecular formula is C10H5Br4F3O6S. The van der Waals surface area contributed by atoms with Gasteiger partial charge in [-0.15, -0.1) is 0 Å². The van der Waals surface area contributed by atoms with Crippen molar-refractivity contribution in [3.63, 3.8) is 0 Å². The van der Waals surface area contributed by atoms with Crippen LogP contribution in [0.2, 0.25) is 0 Å². The minimum atomic E-state index is -5.23. The fourth-order valence-corrected chi connectivity index (χ4v) is 4.43. The molecule has 1 atom stereocenters. The van der Waals surface area contributed by atoms with E-state index in [-0.39, 0.29) is 23.6 Å². The molecule has 0 aliphatic carbocycles. The Morgan fingerprint density at radius 2 is 1.50 bits per heavy atom. The minimum Gasteiger partial charge on any atom is -0.505 e. The Kier molecular flexibility index (Phi) is 7.18. The maximum Gasteiger partial charge on any atom is 0.426 e. The summed E-state index contributed by atoms with van der Waals surface area (Å²) in [4.78, 5) is 12.1. The van der Waals surface area contributed by atoms with Gasteiger partial charge in [0.2, 0.25) is 6.10 Å². The van der Waals surface area contributed by atoms with E-state index < -0.39 is 39.7 Å². The van der Waals surface area contributed by atoms with Crippen molar-refractivity contribution in [2.24, 2.45) is 0 Å². The van der Waals surface area contributed by atoms with Crippen LogP contribution in [-0.2, 0) is 14.9 Å². The Balaban J connectivity index is 3.32. The molecule has 14 heteroatoms. The molecule has 0 saturated heterocycles. The largest absolute Gasteiger partial charge is 0.505 e. The van der Waals surface area contributed by atoms with E-state index in [0.29, 0.717) is 0 Å². The molecule has 0 saturated carbocycles. The van der Waals surface area contributed by atoms with E-state index in [1.807, 2.05) is 0 Å². The van der Waals surface area contributed by atoms with Gasteiger partial charge in [-0.05, 0) is 63.7 Å². The Bertz CT molecular complexity index is 751. The topological polar surface area (TPSA) is 101 Å². The number of phenols is 1. The Labute approximate surface area is 167 Å². The van der Waals surface area contributed by atoms with Crippen LogP contribution < -0.4 is 0 Å². The number of esters is 1. The second-order valence-electron chi connectivity index (χ2n) is 4.16. The predicted molar refractivity (Wildman–Crippen MR) is 90.6 cm³/mol. The monoisotopic (exact) mass is 626 g/mol. The summed E-state index contributed by atoms with van der Waals surface area (Å²) in [5.41, 5.74) is -0.448. The minimum absolute atomic E-state index is 0.0529. The Hall–Kier alpha value is 0.110. The lowest BCUT2D eigenvalue weighted by Crippen LogP contribution is -2.39. The maximum absolute atomic E-state index is 12.8. The summed E-state index contributed by atoms with van der Waals surface area (Å²) in [6.45, 7) is 0. The van der Waals surface area contributed by atoms with Crippen molar-refractivity contribution < 1.29 is 40.8 Å². The van der Waals surface area contributed by atoms with Gasteiger partial charge in [0.15, 0.2) is 0 Å². The highest BCUT2D eigenvalue weighted by atomic mass is 79.9. The summed E-state index contributed by atoms with van der Waals surface area (Å²) in [5.74, 6) is -3.74. The van der Waals surface area contributed by atoms with Gasteiger partial charge in [-0.25, -0.2) is 4.79 Å². The number of aromatic hydroxyl groups is 1. The lowest BCUT2D eigenvalue weighted by molar-refractivity contribution is -0.197. The molecule has 0 amide bonds. The van der Waals surface area contributed by atoms with Crippen LogP contribution >= 0.6 is 63.7 Å². The smallest absolute Gasteiger partial charge is 0.426 e. The number of benzene rings is 1. The van der Waals surface area contributed by atoms with Gasteiger partial charge in [0.05, 0.1) is 23.5 Å². The van der Waals surface area contributed by atoms with E-state index in [4.69, 9.17) is 4.55 Å². The Morgan fingerprint density at radius 1 is 1.08 bits per heavy atom. The zero-order chi connectivity index (χ0) is 19.0. The number of phenolic OH excluding ortho intramolecular Hbond substituents is 1. The number of alkyl halides is 3. The zero-order valence-corrected chi connectivity index (χ0v) is 18.0. The summed E-state index contributed by atoms with van der Waals surface area (Å²) in [7, 11) is -5.06. The molecule has 0 aromatic heterocycles. The van der Waals surface area contributed by atoms with Gasteiger partial charge < -0.3 is 9.84 Å². The molecule has 2 N–H and O–H groups in total. The summed E-state index contributed by atoms with van der Waals surface area (Å²) in [6.07, 6.45) is -8.30. The van der Waals surface area contributed by atoms with Gasteiger partial charge in [-0.3, -0.25) is 4.55 Å². The lowest BCUT2D eigenvalue weighted by Gasteiger charge is -2.20. The molecule has 1 aromatic carbocycles. The second kappa shape index (κ2) is 7.78. The van der Waals surface area contributed by atoms with E-state index in [1.165, 1.54) is 0 Å². The molecule has 0 radical (unpaired) electrons. The van der Waals surface area contributed by atoms with Crippen molar-refractivity contribution in [3.8, 4) is 5.75 Å². The quantitative estimate of drug-likeness (QED) is 0.291. The first-order valence-corrected chi connectivity index (χ1v) is 10.2. The van der Waals surface area contributed by atoms with E-state index in [2.05, 4.69) is 68.5 Å². The SMILES string of the molecule is O=C(OC(CS(=O)(=O)O)C(F)(F)F)c1c(Br)c(Br)c(O)c(Br)c1Br. The maximum atomic E-state index is 12.8. The summed E-state index contributed by atoms with van der Waals surface area (Å²) < 4.78 is 72.2. The summed E-state index contributed by atoms with van der Waals surface area (Å²) >= 11 is 11.7. The number of carbonyl (C=O) groups is 1. The van der Waals surface area contributed by atoms with Gasteiger partial charge in [-0.2, -0.15) is 21.6 Å². The molecule has 0 aliphatic rings. The van der Waals surface area contributed by atoms with Gasteiger partial charge in [0.25, 0.3) is 10.1 Å². The molecule has 0 aliphatic heterocycles. The molecule has 1 unspecified atom stereocenters. The highest BCUT2D eigenvalue weighted by molar-refractivity contribution is 9.14. The number of hydrogen-bond donors (Lipinski definition) is 2. The third-order valence-corrected chi connectivity index (χ3v) is 7.34. The van der Waals surface area contributed by atoms with Crippen LogP contribution in [0.15, 0.2) is 17.9 Å². The van der Waals surface area contributed by atoms with Crippen LogP contribution in [-0.4, -0.2) is 42.1 Å². The first kappa shape index (κ1) is 22.2. The van der Waals surface area contributed by atoms with Crippen molar-refractivity contribution in [2.75, 3.05) is 5.75 Å². The van der Waals surface area contributed by atoms with Crippen LogP contribution in [0.1, 0.15) is 10.4 Å². The van der Waals surface area contributed by atoms with E-state index in [9.17, 15) is 31.5 Å². The Morgan fingerprint density at radius 3 is 1.83 bits per heavy atom. The second-order valence-corrected chi connectivity index (χ2v) is 8.83. The van der Waals surface area contributed by atoms with E-state index >= 15 is 0 Å². The fraction of sp³-hybridized carbons (Fsp3) is 0.300. The molecule has 0 spiro atoms. The number of halogens is 7. The van der Waals surface area contributed by atoms with Crippen LogP contribution in [0.25, 0.3) is 0 Å². The average molecular weight is 630 g/mol. The molecule has 0 heterocycles. The molecule has 24 heavy (non-hydrogen) atoms. The number of carbonyl (C=O) groups excluding carboxylic acids is 1. The van der Waals surface area contributed by atoms with Gasteiger partial charge in [0, 0.05) is 0 Å². The van der Waals surface area contributed by atoms with Crippen LogP contribution in [0.4, 0.5) is 13.2 Å². The molecule has 1 aromatic rings. The summed E-state index contributed by atoms with van der Waals surface area (Å²) in [5, 5.41) is 9.74. The van der Waals surface area contributed by atoms with Crippen molar-refractivity contribution in [1.29, 1.82) is 0 Å². The third kappa shape index (κ3) is 5.30. The lowest BCUT2D eigenvalue weighted by atomic mass is 10.2. The van der Waals surface area contributed by atoms with Crippen molar-refractivity contribution in [2.45, 2.75) is 12.3 Å². The van der Waals surface area contributed by atoms with E-state index in [1.54, 1.807) is 0 Å². The van der Waals surface area contributed by atoms with Crippen molar-refractivity contribution >= 4 is 79.8 Å². The van der Waals surface area contributed by atoms with Crippen molar-refractivity contribution in [1.82, 2.24) is 0 Å². The van der Waals surface area contributed by atoms with Crippen molar-refractivity contribution in [3.05, 3.63) is 23.5 Å². The summed E-state index contributed by atoms with van der Waals surface area (Å²) in [6, 6.07) is 0. The molecule has 0 bridgehead atoms. The number of rotatable bonds is 4. The zero-order valence-electron chi connectivity index (χ0n) is 10.9. The normalized spacial score (nSPS) is 13.7. The third-order valence-electron chi connectivity index (χ3n) is 2.42. The molecular weight excluding hydrogens is 625 g/mol. The van der Waals surface area contributed by atoms with Crippen LogP contribution in [0, 0.1) is 0 Å². The first-order valence-electron chi connectivity index (χ1n) is 5.44. The molecule has 1 rings (SSSR count). The molecule has 0 fully saturated rings. The molecule has 6 nitrogen and oxygen atoms in total.